The molecule has 6 nitrogen and oxygen atoms in total. The van der Waals surface area contributed by atoms with E-state index < -0.39 is 6.04 Å². The molecule has 1 aromatic rings. The smallest absolute Gasteiger partial charge is 0.338 e. The second kappa shape index (κ2) is 7.62. The molecule has 0 spiro atoms. The number of carbonyl (C=O) groups is 2. The van der Waals surface area contributed by atoms with Crippen LogP contribution in [0.1, 0.15) is 56.6 Å². The normalized spacial score (nSPS) is 23.6. The number of hydrogen-bond donors (Lipinski definition) is 3. The van der Waals surface area contributed by atoms with E-state index >= 15 is 0 Å². The lowest BCUT2D eigenvalue weighted by molar-refractivity contribution is -0.141. The SMILES string of the molecule is Nc1cccc(C2NC(=O)NC(C3CC3)=C2C(=O)OCC2CCCCC2)c1. The minimum atomic E-state index is -0.531. The number of allylic oxidation sites excluding steroid dienone is 1. The molecule has 0 bridgehead atoms. The Morgan fingerprint density at radius 2 is 1.93 bits per heavy atom. The van der Waals surface area contributed by atoms with Crippen LogP contribution < -0.4 is 16.4 Å². The fourth-order valence-corrected chi connectivity index (χ4v) is 4.12. The quantitative estimate of drug-likeness (QED) is 0.548. The summed E-state index contributed by atoms with van der Waals surface area (Å²) >= 11 is 0. The van der Waals surface area contributed by atoms with Gasteiger partial charge in [0.05, 0.1) is 18.2 Å². The summed E-state index contributed by atoms with van der Waals surface area (Å²) in [7, 11) is 0. The predicted molar refractivity (Wildman–Crippen MR) is 103 cm³/mol. The maximum Gasteiger partial charge on any atom is 0.338 e. The molecule has 1 aromatic carbocycles. The lowest BCUT2D eigenvalue weighted by Gasteiger charge is -2.30. The van der Waals surface area contributed by atoms with Gasteiger partial charge >= 0.3 is 12.0 Å². The first kappa shape index (κ1) is 17.9. The number of amides is 2. The van der Waals surface area contributed by atoms with Gasteiger partial charge in [0.25, 0.3) is 0 Å². The summed E-state index contributed by atoms with van der Waals surface area (Å²) in [5.41, 5.74) is 8.57. The highest BCUT2D eigenvalue weighted by atomic mass is 16.5. The average molecular weight is 369 g/mol. The second-order valence-electron chi connectivity index (χ2n) is 7.91. The van der Waals surface area contributed by atoms with E-state index in [9.17, 15) is 9.59 Å². The number of nitrogens with one attached hydrogen (secondary N) is 2. The summed E-state index contributed by atoms with van der Waals surface area (Å²) in [5.74, 6) is 0.351. The van der Waals surface area contributed by atoms with Crippen molar-refractivity contribution in [1.82, 2.24) is 10.6 Å². The molecule has 4 rings (SSSR count). The summed E-state index contributed by atoms with van der Waals surface area (Å²) in [4.78, 5) is 25.3. The van der Waals surface area contributed by atoms with E-state index in [0.29, 0.717) is 23.8 Å². The first-order valence-electron chi connectivity index (χ1n) is 9.96. The van der Waals surface area contributed by atoms with Crippen molar-refractivity contribution in [2.24, 2.45) is 11.8 Å². The number of benzene rings is 1. The molecule has 2 amide bonds. The van der Waals surface area contributed by atoms with Gasteiger partial charge in [0.1, 0.15) is 0 Å². The van der Waals surface area contributed by atoms with Gasteiger partial charge in [-0.15, -0.1) is 0 Å². The number of esters is 1. The Hall–Kier alpha value is -2.50. The maximum absolute atomic E-state index is 13.1. The van der Waals surface area contributed by atoms with Crippen LogP contribution in [0.3, 0.4) is 0 Å². The number of carbonyl (C=O) groups excluding carboxylic acids is 2. The molecule has 144 valence electrons. The van der Waals surface area contributed by atoms with E-state index in [1.54, 1.807) is 12.1 Å². The van der Waals surface area contributed by atoms with Gasteiger partial charge in [0.15, 0.2) is 0 Å². The van der Waals surface area contributed by atoms with Crippen LogP contribution in [0.15, 0.2) is 35.5 Å². The molecule has 1 unspecified atom stereocenters. The van der Waals surface area contributed by atoms with E-state index in [-0.39, 0.29) is 17.9 Å². The summed E-state index contributed by atoms with van der Waals surface area (Å²) in [6.45, 7) is 0.456. The molecule has 6 heteroatoms. The molecule has 1 atom stereocenters. The molecule has 2 saturated carbocycles. The number of hydrogen-bond acceptors (Lipinski definition) is 4. The number of ether oxygens (including phenoxy) is 1. The molecule has 0 radical (unpaired) electrons. The third-order valence-electron chi connectivity index (χ3n) is 5.73. The van der Waals surface area contributed by atoms with Crippen LogP contribution in [0.5, 0.6) is 0 Å². The van der Waals surface area contributed by atoms with E-state index in [2.05, 4.69) is 10.6 Å². The van der Waals surface area contributed by atoms with Crippen molar-refractivity contribution in [3.63, 3.8) is 0 Å². The van der Waals surface area contributed by atoms with Gasteiger partial charge in [0.2, 0.25) is 0 Å². The van der Waals surface area contributed by atoms with E-state index in [4.69, 9.17) is 10.5 Å². The van der Waals surface area contributed by atoms with Crippen molar-refractivity contribution in [3.05, 3.63) is 41.1 Å². The Balaban J connectivity index is 1.60. The fourth-order valence-electron chi connectivity index (χ4n) is 4.12. The van der Waals surface area contributed by atoms with Crippen molar-refractivity contribution < 1.29 is 14.3 Å². The molecule has 1 aliphatic heterocycles. The van der Waals surface area contributed by atoms with Gasteiger partial charge < -0.3 is 21.1 Å². The first-order valence-corrected chi connectivity index (χ1v) is 9.96. The highest BCUT2D eigenvalue weighted by Crippen LogP contribution is 2.41. The summed E-state index contributed by atoms with van der Waals surface area (Å²) < 4.78 is 5.73. The summed E-state index contributed by atoms with van der Waals surface area (Å²) in [6, 6.07) is 6.49. The van der Waals surface area contributed by atoms with Crippen LogP contribution in [0.25, 0.3) is 0 Å². The molecule has 1 heterocycles. The number of anilines is 1. The van der Waals surface area contributed by atoms with E-state index in [0.717, 1.165) is 36.9 Å². The zero-order valence-corrected chi connectivity index (χ0v) is 15.5. The Kier molecular flexibility index (Phi) is 5.05. The van der Waals surface area contributed by atoms with Crippen LogP contribution in [-0.2, 0) is 9.53 Å². The molecular formula is C21H27N3O3. The fraction of sp³-hybridized carbons (Fsp3) is 0.524. The Morgan fingerprint density at radius 3 is 2.63 bits per heavy atom. The topological polar surface area (TPSA) is 93.5 Å². The monoisotopic (exact) mass is 369 g/mol. The molecule has 0 aromatic heterocycles. The van der Waals surface area contributed by atoms with Crippen molar-refractivity contribution in [3.8, 4) is 0 Å². The summed E-state index contributed by atoms with van der Waals surface area (Å²) in [5, 5.41) is 5.74. The van der Waals surface area contributed by atoms with E-state index in [1.807, 2.05) is 12.1 Å². The highest BCUT2D eigenvalue weighted by molar-refractivity contribution is 5.95. The van der Waals surface area contributed by atoms with Gasteiger partial charge in [-0.05, 0) is 55.2 Å². The van der Waals surface area contributed by atoms with Crippen molar-refractivity contribution >= 4 is 17.7 Å². The largest absolute Gasteiger partial charge is 0.462 e. The minimum absolute atomic E-state index is 0.233. The Bertz CT molecular complexity index is 764. The highest BCUT2D eigenvalue weighted by Gasteiger charge is 2.40. The lowest BCUT2D eigenvalue weighted by Crippen LogP contribution is -2.46. The number of nitrogens with two attached hydrogens (primary N) is 1. The summed E-state index contributed by atoms with van der Waals surface area (Å²) in [6.07, 6.45) is 7.90. The third-order valence-corrected chi connectivity index (χ3v) is 5.73. The van der Waals surface area contributed by atoms with Crippen LogP contribution in [0.2, 0.25) is 0 Å². The molecular weight excluding hydrogens is 342 g/mol. The van der Waals surface area contributed by atoms with Gasteiger partial charge in [-0.2, -0.15) is 0 Å². The molecule has 2 fully saturated rings. The van der Waals surface area contributed by atoms with E-state index in [1.165, 1.54) is 19.3 Å². The number of urea groups is 1. The third kappa shape index (κ3) is 4.10. The molecule has 3 aliphatic rings. The second-order valence-corrected chi connectivity index (χ2v) is 7.91. The van der Waals surface area contributed by atoms with Gasteiger partial charge in [-0.25, -0.2) is 9.59 Å². The van der Waals surface area contributed by atoms with Gasteiger partial charge in [-0.1, -0.05) is 31.4 Å². The van der Waals surface area contributed by atoms with Crippen LogP contribution in [-0.4, -0.2) is 18.6 Å². The lowest BCUT2D eigenvalue weighted by atomic mass is 9.90. The van der Waals surface area contributed by atoms with Crippen LogP contribution >= 0.6 is 0 Å². The standard InChI is InChI=1S/C21H27N3O3/c22-16-8-4-7-15(11-16)19-17(18(14-9-10-14)23-21(26)24-19)20(25)27-12-13-5-2-1-3-6-13/h4,7-8,11,13-14,19H,1-3,5-6,9-10,12,22H2,(H2,23,24,26). The first-order chi connectivity index (χ1) is 13.1. The van der Waals surface area contributed by atoms with Crippen molar-refractivity contribution in [1.29, 1.82) is 0 Å². The van der Waals surface area contributed by atoms with Crippen molar-refractivity contribution in [2.75, 3.05) is 12.3 Å². The Morgan fingerprint density at radius 1 is 1.15 bits per heavy atom. The number of nitrogen functional groups attached to an aromatic ring is 1. The van der Waals surface area contributed by atoms with Crippen molar-refractivity contribution in [2.45, 2.75) is 51.0 Å². The predicted octanol–water partition coefficient (Wildman–Crippen LogP) is 3.41. The maximum atomic E-state index is 13.1. The van der Waals surface area contributed by atoms with Gasteiger partial charge in [0, 0.05) is 11.4 Å². The zero-order chi connectivity index (χ0) is 18.8. The van der Waals surface area contributed by atoms with Crippen LogP contribution in [0.4, 0.5) is 10.5 Å². The van der Waals surface area contributed by atoms with Gasteiger partial charge in [-0.3, -0.25) is 0 Å². The average Bonchev–Trinajstić information content (AvgIpc) is 3.51. The Labute approximate surface area is 159 Å². The molecule has 2 aliphatic carbocycles. The zero-order valence-electron chi connectivity index (χ0n) is 15.5. The minimum Gasteiger partial charge on any atom is -0.462 e. The van der Waals surface area contributed by atoms with Crippen LogP contribution in [0, 0.1) is 11.8 Å². The molecule has 0 saturated heterocycles. The molecule has 27 heavy (non-hydrogen) atoms. The number of rotatable bonds is 5. The molecule has 4 N–H and O–H groups in total.